The lowest BCUT2D eigenvalue weighted by Crippen LogP contribution is -2.24. The van der Waals surface area contributed by atoms with E-state index < -0.39 is 11.4 Å². The smallest absolute Gasteiger partial charge is 0.362 e. The maximum Gasteiger partial charge on any atom is 0.362 e. The van der Waals surface area contributed by atoms with E-state index in [1.54, 1.807) is 13.1 Å². The second kappa shape index (κ2) is 5.58. The Morgan fingerprint density at radius 2 is 2.00 bits per heavy atom. The number of methoxy groups -OCH3 is 1. The van der Waals surface area contributed by atoms with E-state index in [2.05, 4.69) is 25.8 Å². The number of ether oxygens (including phenoxy) is 1. The molecule has 2 rings (SSSR count). The van der Waals surface area contributed by atoms with Gasteiger partial charge in [-0.3, -0.25) is 4.79 Å². The fourth-order valence-corrected chi connectivity index (χ4v) is 2.22. The Kier molecular flexibility index (Phi) is 4.04. The molecule has 1 aromatic carbocycles. The predicted molar refractivity (Wildman–Crippen MR) is 78.3 cm³/mol. The monoisotopic (exact) mass is 336 g/mol. The minimum Gasteiger partial charge on any atom is -0.464 e. The Hall–Kier alpha value is -1.95. The van der Waals surface area contributed by atoms with Crippen molar-refractivity contribution in [2.45, 2.75) is 13.8 Å². The summed E-state index contributed by atoms with van der Waals surface area (Å²) in [5, 5.41) is 4.08. The molecular formula is C14H13BrN2O3. The first-order valence-electron chi connectivity index (χ1n) is 5.90. The summed E-state index contributed by atoms with van der Waals surface area (Å²) in [6, 6.07) is 5.67. The number of carbonyl (C=O) groups excluding carboxylic acids is 1. The highest BCUT2D eigenvalue weighted by Crippen LogP contribution is 2.23. The number of aryl methyl sites for hydroxylation is 2. The van der Waals surface area contributed by atoms with Gasteiger partial charge in [-0.1, -0.05) is 12.1 Å². The third kappa shape index (κ3) is 2.51. The Labute approximate surface area is 124 Å². The molecule has 0 saturated heterocycles. The number of hydrogen-bond acceptors (Lipinski definition) is 4. The van der Waals surface area contributed by atoms with Gasteiger partial charge in [0, 0.05) is 16.2 Å². The Bertz CT molecular complexity index is 738. The van der Waals surface area contributed by atoms with Crippen LogP contribution in [0.5, 0.6) is 0 Å². The molecule has 0 radical (unpaired) electrons. The third-order valence-corrected chi connectivity index (χ3v) is 3.93. The van der Waals surface area contributed by atoms with E-state index in [0.29, 0.717) is 5.56 Å². The molecule has 6 heteroatoms. The molecular weight excluding hydrogens is 324 g/mol. The lowest BCUT2D eigenvalue weighted by molar-refractivity contribution is 0.0590. The van der Waals surface area contributed by atoms with Gasteiger partial charge >= 0.3 is 5.97 Å². The molecule has 0 aliphatic heterocycles. The molecule has 0 aliphatic carbocycles. The fraction of sp³-hybridized carbons (Fsp3) is 0.214. The van der Waals surface area contributed by atoms with Gasteiger partial charge in [-0.2, -0.15) is 5.10 Å². The van der Waals surface area contributed by atoms with Gasteiger partial charge in [0.2, 0.25) is 11.1 Å². The van der Waals surface area contributed by atoms with Crippen molar-refractivity contribution in [2.75, 3.05) is 7.11 Å². The summed E-state index contributed by atoms with van der Waals surface area (Å²) in [5.41, 5.74) is 1.56. The molecule has 0 saturated carbocycles. The Morgan fingerprint density at radius 1 is 1.30 bits per heavy atom. The first-order valence-corrected chi connectivity index (χ1v) is 6.69. The second-order valence-corrected chi connectivity index (χ2v) is 5.13. The first-order chi connectivity index (χ1) is 9.45. The summed E-state index contributed by atoms with van der Waals surface area (Å²) in [6.07, 6.45) is 1.59. The van der Waals surface area contributed by atoms with Gasteiger partial charge in [0.25, 0.3) is 0 Å². The summed E-state index contributed by atoms with van der Waals surface area (Å²) in [4.78, 5) is 23.5. The minimum absolute atomic E-state index is 0.221. The van der Waals surface area contributed by atoms with E-state index in [9.17, 15) is 9.59 Å². The lowest BCUT2D eigenvalue weighted by atomic mass is 10.2. The maximum atomic E-state index is 11.9. The topological polar surface area (TPSA) is 61.2 Å². The Balaban J connectivity index is 2.70. The van der Waals surface area contributed by atoms with Crippen LogP contribution in [0.1, 0.15) is 21.6 Å². The van der Waals surface area contributed by atoms with E-state index >= 15 is 0 Å². The van der Waals surface area contributed by atoms with Crippen LogP contribution in [-0.2, 0) is 4.74 Å². The zero-order valence-corrected chi connectivity index (χ0v) is 12.9. The van der Waals surface area contributed by atoms with Crippen molar-refractivity contribution in [3.63, 3.8) is 0 Å². The van der Waals surface area contributed by atoms with Crippen molar-refractivity contribution >= 4 is 21.9 Å². The molecule has 0 fully saturated rings. The molecule has 0 N–H and O–H groups in total. The molecule has 1 aromatic heterocycles. The molecule has 20 heavy (non-hydrogen) atoms. The van der Waals surface area contributed by atoms with Gasteiger partial charge < -0.3 is 4.74 Å². The molecule has 0 atom stereocenters. The van der Waals surface area contributed by atoms with Gasteiger partial charge in [0.15, 0.2) is 0 Å². The lowest BCUT2D eigenvalue weighted by Gasteiger charge is -2.11. The van der Waals surface area contributed by atoms with Crippen LogP contribution in [0.2, 0.25) is 0 Å². The number of carbonyl (C=O) groups is 1. The summed E-state index contributed by atoms with van der Waals surface area (Å²) in [5.74, 6) is -0.740. The van der Waals surface area contributed by atoms with Crippen LogP contribution in [0, 0.1) is 13.8 Å². The van der Waals surface area contributed by atoms with Crippen LogP contribution in [0.3, 0.4) is 0 Å². The van der Waals surface area contributed by atoms with Crippen molar-refractivity contribution < 1.29 is 9.53 Å². The molecule has 0 spiro atoms. The van der Waals surface area contributed by atoms with Gasteiger partial charge in [-0.05, 0) is 41.4 Å². The number of nitrogens with zero attached hydrogens (tertiary/aromatic N) is 2. The van der Waals surface area contributed by atoms with Crippen LogP contribution in [0.25, 0.3) is 5.69 Å². The van der Waals surface area contributed by atoms with Crippen LogP contribution >= 0.6 is 15.9 Å². The molecule has 1 heterocycles. The molecule has 2 aromatic rings. The van der Waals surface area contributed by atoms with E-state index in [1.165, 1.54) is 11.8 Å². The standard InChI is InChI=1S/C14H13BrN2O3/c1-8-5-4-6-10(11(8)15)17-7-9(2)13(18)12(16-17)14(19)20-3/h4-7H,1-3H3. The molecule has 0 unspecified atom stereocenters. The largest absolute Gasteiger partial charge is 0.464 e. The SMILES string of the molecule is COC(=O)c1nn(-c2cccc(C)c2Br)cc(C)c1=O. The van der Waals surface area contributed by atoms with Crippen LogP contribution < -0.4 is 5.43 Å². The van der Waals surface area contributed by atoms with Crippen molar-refractivity contribution in [1.29, 1.82) is 0 Å². The van der Waals surface area contributed by atoms with Crippen molar-refractivity contribution in [3.05, 3.63) is 55.9 Å². The number of aromatic nitrogens is 2. The summed E-state index contributed by atoms with van der Waals surface area (Å²) >= 11 is 3.48. The number of halogens is 1. The Morgan fingerprint density at radius 3 is 2.65 bits per heavy atom. The van der Waals surface area contributed by atoms with Crippen molar-refractivity contribution in [2.24, 2.45) is 0 Å². The van der Waals surface area contributed by atoms with Crippen molar-refractivity contribution in [3.8, 4) is 5.69 Å². The van der Waals surface area contributed by atoms with Gasteiger partial charge in [-0.15, -0.1) is 0 Å². The van der Waals surface area contributed by atoms with Crippen LogP contribution in [0.15, 0.2) is 33.7 Å². The molecule has 0 amide bonds. The fourth-order valence-electron chi connectivity index (χ4n) is 1.77. The quantitative estimate of drug-likeness (QED) is 0.790. The maximum absolute atomic E-state index is 11.9. The average Bonchev–Trinajstić information content (AvgIpc) is 2.44. The minimum atomic E-state index is -0.740. The first kappa shape index (κ1) is 14.5. The zero-order chi connectivity index (χ0) is 14.9. The predicted octanol–water partition coefficient (Wildman–Crippen LogP) is 2.40. The zero-order valence-electron chi connectivity index (χ0n) is 11.3. The normalized spacial score (nSPS) is 10.4. The van der Waals surface area contributed by atoms with Gasteiger partial charge in [-0.25, -0.2) is 9.48 Å². The highest BCUT2D eigenvalue weighted by Gasteiger charge is 2.17. The van der Waals surface area contributed by atoms with E-state index in [4.69, 9.17) is 0 Å². The number of esters is 1. The summed E-state index contributed by atoms with van der Waals surface area (Å²) < 4.78 is 6.94. The second-order valence-electron chi connectivity index (χ2n) is 4.33. The van der Waals surface area contributed by atoms with E-state index in [0.717, 1.165) is 15.7 Å². The number of rotatable bonds is 2. The number of benzene rings is 1. The van der Waals surface area contributed by atoms with Gasteiger partial charge in [0.1, 0.15) is 0 Å². The van der Waals surface area contributed by atoms with Gasteiger partial charge in [0.05, 0.1) is 12.8 Å². The summed E-state index contributed by atoms with van der Waals surface area (Å²) in [7, 11) is 1.22. The summed E-state index contributed by atoms with van der Waals surface area (Å²) in [6.45, 7) is 3.58. The van der Waals surface area contributed by atoms with Crippen LogP contribution in [-0.4, -0.2) is 22.9 Å². The molecule has 5 nitrogen and oxygen atoms in total. The molecule has 104 valence electrons. The van der Waals surface area contributed by atoms with E-state index in [1.807, 2.05) is 25.1 Å². The van der Waals surface area contributed by atoms with E-state index in [-0.39, 0.29) is 5.69 Å². The molecule has 0 aliphatic rings. The van der Waals surface area contributed by atoms with Crippen LogP contribution in [0.4, 0.5) is 0 Å². The number of hydrogen-bond donors (Lipinski definition) is 0. The third-order valence-electron chi connectivity index (χ3n) is 2.89. The molecule has 0 bridgehead atoms. The highest BCUT2D eigenvalue weighted by atomic mass is 79.9. The highest BCUT2D eigenvalue weighted by molar-refractivity contribution is 9.10. The average molecular weight is 337 g/mol. The van der Waals surface area contributed by atoms with Crippen molar-refractivity contribution in [1.82, 2.24) is 9.78 Å².